The molecule has 1 aromatic carbocycles. The zero-order valence-electron chi connectivity index (χ0n) is 16.0. The molecule has 0 saturated heterocycles. The van der Waals surface area contributed by atoms with Gasteiger partial charge in [-0.1, -0.05) is 46.5 Å². The van der Waals surface area contributed by atoms with Crippen LogP contribution in [0.15, 0.2) is 24.3 Å². The number of nitriles is 1. The molecule has 1 aromatic rings. The minimum absolute atomic E-state index is 0.313. The highest BCUT2D eigenvalue weighted by atomic mass is 16.6. The predicted octanol–water partition coefficient (Wildman–Crippen LogP) is 4.78. The lowest BCUT2D eigenvalue weighted by atomic mass is 9.82. The molecule has 0 radical (unpaired) electrons. The van der Waals surface area contributed by atoms with Gasteiger partial charge in [-0.2, -0.15) is 5.26 Å². The van der Waals surface area contributed by atoms with E-state index < -0.39 is 17.4 Å². The van der Waals surface area contributed by atoms with Crippen molar-refractivity contribution in [3.8, 4) is 11.8 Å². The van der Waals surface area contributed by atoms with Gasteiger partial charge >= 0.3 is 11.9 Å². The second-order valence-corrected chi connectivity index (χ2v) is 6.37. The fraction of sp³-hybridized carbons (Fsp3) is 0.571. The zero-order chi connectivity index (χ0) is 19.4. The van der Waals surface area contributed by atoms with E-state index in [0.29, 0.717) is 30.8 Å². The first-order chi connectivity index (χ1) is 12.5. The smallest absolute Gasteiger partial charge is 0.328 e. The molecule has 0 fully saturated rings. The first-order valence-corrected chi connectivity index (χ1v) is 9.43. The first-order valence-electron chi connectivity index (χ1n) is 9.43. The number of hydrogen-bond acceptors (Lipinski definition) is 5. The lowest BCUT2D eigenvalue weighted by Gasteiger charge is -2.26. The van der Waals surface area contributed by atoms with Gasteiger partial charge < -0.3 is 9.47 Å². The second-order valence-electron chi connectivity index (χ2n) is 6.37. The molecule has 26 heavy (non-hydrogen) atoms. The van der Waals surface area contributed by atoms with Gasteiger partial charge in [0.1, 0.15) is 5.75 Å². The quantitative estimate of drug-likeness (QED) is 0.246. The van der Waals surface area contributed by atoms with E-state index in [1.165, 1.54) is 6.42 Å². The number of hydrogen-bond donors (Lipinski definition) is 0. The van der Waals surface area contributed by atoms with Gasteiger partial charge in [-0.3, -0.25) is 9.59 Å². The van der Waals surface area contributed by atoms with Gasteiger partial charge in [0.2, 0.25) is 0 Å². The monoisotopic (exact) mass is 359 g/mol. The highest BCUT2D eigenvalue weighted by Crippen LogP contribution is 2.31. The Hall–Kier alpha value is -2.35. The van der Waals surface area contributed by atoms with Crippen LogP contribution in [0.3, 0.4) is 0 Å². The van der Waals surface area contributed by atoms with Gasteiger partial charge in [-0.15, -0.1) is 0 Å². The molecule has 0 aliphatic heterocycles. The first kappa shape index (κ1) is 21.7. The van der Waals surface area contributed by atoms with E-state index in [4.69, 9.17) is 14.7 Å². The Bertz CT molecular complexity index is 612. The maximum Gasteiger partial charge on any atom is 0.328 e. The minimum Gasteiger partial charge on any atom is -0.465 e. The average molecular weight is 359 g/mol. The molecule has 0 amide bonds. The van der Waals surface area contributed by atoms with E-state index in [1.807, 2.05) is 6.07 Å². The molecule has 1 rings (SSSR count). The summed E-state index contributed by atoms with van der Waals surface area (Å²) in [5, 5.41) is 8.82. The number of benzene rings is 1. The summed E-state index contributed by atoms with van der Waals surface area (Å²) in [4.78, 5) is 25.3. The normalized spacial score (nSPS) is 10.8. The number of esters is 2. The Labute approximate surface area is 156 Å². The predicted molar refractivity (Wildman–Crippen MR) is 99.5 cm³/mol. The number of ether oxygens (including phenoxy) is 2. The van der Waals surface area contributed by atoms with Gasteiger partial charge in [0, 0.05) is 0 Å². The van der Waals surface area contributed by atoms with E-state index in [0.717, 1.165) is 25.7 Å². The molecule has 142 valence electrons. The van der Waals surface area contributed by atoms with Crippen LogP contribution in [0, 0.1) is 16.7 Å². The zero-order valence-corrected chi connectivity index (χ0v) is 16.0. The number of nitrogens with zero attached hydrogens (tertiary/aromatic N) is 1. The Morgan fingerprint density at radius 1 is 0.962 bits per heavy atom. The van der Waals surface area contributed by atoms with Crippen LogP contribution < -0.4 is 4.74 Å². The third kappa shape index (κ3) is 5.87. The van der Waals surface area contributed by atoms with Crippen LogP contribution in [0.25, 0.3) is 0 Å². The third-order valence-corrected chi connectivity index (χ3v) is 4.66. The Balaban J connectivity index is 2.68. The number of carbonyl (C=O) groups is 2. The van der Waals surface area contributed by atoms with Gasteiger partial charge in [0.15, 0.2) is 5.41 Å². The molecular formula is C21H29NO4. The summed E-state index contributed by atoms with van der Waals surface area (Å²) in [7, 11) is 0. The molecule has 0 aromatic heterocycles. The lowest BCUT2D eigenvalue weighted by molar-refractivity contribution is -0.168. The largest absolute Gasteiger partial charge is 0.465 e. The van der Waals surface area contributed by atoms with E-state index in [1.54, 1.807) is 38.1 Å². The van der Waals surface area contributed by atoms with Crippen molar-refractivity contribution in [3.63, 3.8) is 0 Å². The van der Waals surface area contributed by atoms with Crippen molar-refractivity contribution in [3.05, 3.63) is 29.8 Å². The Morgan fingerprint density at radius 3 is 2.12 bits per heavy atom. The maximum absolute atomic E-state index is 12.7. The number of unbranched alkanes of at least 4 members (excludes halogenated alkanes) is 4. The van der Waals surface area contributed by atoms with Crippen molar-refractivity contribution in [2.75, 3.05) is 6.61 Å². The van der Waals surface area contributed by atoms with Crippen molar-refractivity contribution in [1.82, 2.24) is 0 Å². The average Bonchev–Trinajstić information content (AvgIpc) is 2.66. The third-order valence-electron chi connectivity index (χ3n) is 4.66. The fourth-order valence-electron chi connectivity index (χ4n) is 2.72. The standard InChI is InChI=1S/C21H29NO4/c1-4-7-8-9-10-15-25-19(23)21(5-2,6-3)20(24)26-18-13-11-17(16-22)12-14-18/h11-14H,4-10,15H2,1-3H3. The van der Waals surface area contributed by atoms with Crippen molar-refractivity contribution < 1.29 is 19.1 Å². The van der Waals surface area contributed by atoms with Crippen LogP contribution in [-0.4, -0.2) is 18.5 Å². The van der Waals surface area contributed by atoms with Crippen LogP contribution in [0.5, 0.6) is 5.75 Å². The molecular weight excluding hydrogens is 330 g/mol. The highest BCUT2D eigenvalue weighted by molar-refractivity contribution is 6.00. The van der Waals surface area contributed by atoms with Crippen molar-refractivity contribution in [2.24, 2.45) is 5.41 Å². The molecule has 0 heterocycles. The molecule has 5 heteroatoms. The maximum atomic E-state index is 12.7. The summed E-state index contributed by atoms with van der Waals surface area (Å²) < 4.78 is 10.8. The summed E-state index contributed by atoms with van der Waals surface area (Å²) >= 11 is 0. The second kappa shape index (κ2) is 11.3. The van der Waals surface area contributed by atoms with Crippen molar-refractivity contribution >= 4 is 11.9 Å². The molecule has 0 atom stereocenters. The molecule has 0 saturated carbocycles. The molecule has 0 aliphatic carbocycles. The Kier molecular flexibility index (Phi) is 9.43. The van der Waals surface area contributed by atoms with E-state index in [-0.39, 0.29) is 0 Å². The number of rotatable bonds is 11. The molecule has 5 nitrogen and oxygen atoms in total. The van der Waals surface area contributed by atoms with Crippen molar-refractivity contribution in [1.29, 1.82) is 5.26 Å². The molecule has 0 N–H and O–H groups in total. The van der Waals surface area contributed by atoms with Crippen molar-refractivity contribution in [2.45, 2.75) is 65.7 Å². The SMILES string of the molecule is CCCCCCCOC(=O)C(CC)(CC)C(=O)Oc1ccc(C#N)cc1. The van der Waals surface area contributed by atoms with Crippen LogP contribution in [0.2, 0.25) is 0 Å². The van der Waals surface area contributed by atoms with E-state index in [9.17, 15) is 9.59 Å². The Morgan fingerprint density at radius 2 is 1.58 bits per heavy atom. The van der Waals surface area contributed by atoms with Crippen LogP contribution >= 0.6 is 0 Å². The van der Waals surface area contributed by atoms with E-state index in [2.05, 4.69) is 6.92 Å². The van der Waals surface area contributed by atoms with Crippen LogP contribution in [0.4, 0.5) is 0 Å². The van der Waals surface area contributed by atoms with Crippen LogP contribution in [0.1, 0.15) is 71.3 Å². The fourth-order valence-corrected chi connectivity index (χ4v) is 2.72. The lowest BCUT2D eigenvalue weighted by Crippen LogP contribution is -2.42. The van der Waals surface area contributed by atoms with E-state index >= 15 is 0 Å². The molecule has 0 bridgehead atoms. The summed E-state index contributed by atoms with van der Waals surface area (Å²) in [5.41, 5.74) is -0.818. The summed E-state index contributed by atoms with van der Waals surface area (Å²) in [6, 6.07) is 8.23. The highest BCUT2D eigenvalue weighted by Gasteiger charge is 2.46. The molecule has 0 spiro atoms. The van der Waals surface area contributed by atoms with Gasteiger partial charge in [0.25, 0.3) is 0 Å². The minimum atomic E-state index is -1.29. The summed E-state index contributed by atoms with van der Waals surface area (Å²) in [6.07, 6.45) is 5.92. The topological polar surface area (TPSA) is 76.4 Å². The molecule has 0 aliphatic rings. The van der Waals surface area contributed by atoms with Gasteiger partial charge in [-0.25, -0.2) is 0 Å². The summed E-state index contributed by atoms with van der Waals surface area (Å²) in [5.74, 6) is -0.813. The number of carbonyl (C=O) groups excluding carboxylic acids is 2. The summed E-state index contributed by atoms with van der Waals surface area (Å²) in [6.45, 7) is 6.04. The van der Waals surface area contributed by atoms with Crippen LogP contribution in [-0.2, 0) is 14.3 Å². The van der Waals surface area contributed by atoms with Gasteiger partial charge in [0.05, 0.1) is 18.2 Å². The molecule has 0 unspecified atom stereocenters. The van der Waals surface area contributed by atoms with Gasteiger partial charge in [-0.05, 0) is 43.5 Å².